The molecule has 1 fully saturated rings. The number of hydrogen-bond acceptors (Lipinski definition) is 3. The Balaban J connectivity index is 0.000000232. The van der Waals surface area contributed by atoms with Crippen LogP contribution in [0.4, 0.5) is 0 Å². The maximum atomic E-state index is 12.0. The van der Waals surface area contributed by atoms with E-state index in [0.717, 1.165) is 25.2 Å². The third kappa shape index (κ3) is 8.46. The second kappa shape index (κ2) is 15.7. The number of carbonyl (C=O) groups excluding carboxylic acids is 1. The normalized spacial score (nSPS) is 23.2. The van der Waals surface area contributed by atoms with Crippen LogP contribution in [0.5, 0.6) is 0 Å². The molecule has 1 aromatic rings. The fraction of sp³-hybridized carbons (Fsp3) is 0.559. The first-order chi connectivity index (χ1) is 18.5. The Hall–Kier alpha value is -2.59. The van der Waals surface area contributed by atoms with Gasteiger partial charge in [-0.1, -0.05) is 86.2 Å². The summed E-state index contributed by atoms with van der Waals surface area (Å²) in [5.74, 6) is 1.43. The van der Waals surface area contributed by atoms with Crippen LogP contribution in [0.3, 0.4) is 0 Å². The maximum Gasteiger partial charge on any atom is 0.235 e. The number of rotatable bonds is 8. The molecule has 1 aliphatic heterocycles. The Morgan fingerprint density at radius 2 is 1.84 bits per heavy atom. The zero-order valence-electron chi connectivity index (χ0n) is 24.1. The highest BCUT2D eigenvalue weighted by Gasteiger charge is 2.33. The summed E-state index contributed by atoms with van der Waals surface area (Å²) in [6.45, 7) is 10.7. The molecule has 1 saturated heterocycles. The Morgan fingerprint density at radius 3 is 2.55 bits per heavy atom. The number of nitrogens with two attached hydrogens (primary N) is 1. The Kier molecular flexibility index (Phi) is 12.4. The van der Waals surface area contributed by atoms with Crippen molar-refractivity contribution in [3.63, 3.8) is 0 Å². The average molecular weight is 518 g/mol. The summed E-state index contributed by atoms with van der Waals surface area (Å²) < 4.78 is 0. The predicted molar refractivity (Wildman–Crippen MR) is 162 cm³/mol. The molecular weight excluding hydrogens is 466 g/mol. The van der Waals surface area contributed by atoms with E-state index in [0.29, 0.717) is 18.2 Å². The largest absolute Gasteiger partial charge is 0.401 e. The van der Waals surface area contributed by atoms with Gasteiger partial charge in [0.2, 0.25) is 5.91 Å². The molecule has 4 heteroatoms. The van der Waals surface area contributed by atoms with Crippen molar-refractivity contribution < 1.29 is 4.79 Å². The van der Waals surface area contributed by atoms with Crippen LogP contribution < -0.4 is 11.1 Å². The fourth-order valence-electron chi connectivity index (χ4n) is 5.92. The first kappa shape index (κ1) is 30.0. The number of carbonyl (C=O) groups is 1. The van der Waals surface area contributed by atoms with Gasteiger partial charge in [0.1, 0.15) is 5.41 Å². The lowest BCUT2D eigenvalue weighted by Gasteiger charge is -2.37. The molecule has 2 unspecified atom stereocenters. The lowest BCUT2D eigenvalue weighted by Crippen LogP contribution is -2.41. The van der Waals surface area contributed by atoms with Gasteiger partial charge in [-0.3, -0.25) is 4.79 Å². The fourth-order valence-corrected chi connectivity index (χ4v) is 5.92. The number of amides is 1. The predicted octanol–water partition coefficient (Wildman–Crippen LogP) is 7.27. The number of nitrogens with zero attached hydrogens (tertiary/aromatic N) is 1. The highest BCUT2D eigenvalue weighted by Crippen LogP contribution is 2.40. The molecule has 1 amide bonds. The molecule has 0 bridgehead atoms. The number of piperidine rings is 1. The number of benzene rings is 1. The zero-order valence-corrected chi connectivity index (χ0v) is 24.1. The lowest BCUT2D eigenvalue weighted by molar-refractivity contribution is -0.126. The summed E-state index contributed by atoms with van der Waals surface area (Å²) in [6, 6.07) is 11.3. The first-order valence-electron chi connectivity index (χ1n) is 15.0. The van der Waals surface area contributed by atoms with Gasteiger partial charge in [-0.05, 0) is 95.8 Å². The van der Waals surface area contributed by atoms with Gasteiger partial charge < -0.3 is 16.0 Å². The molecule has 0 saturated carbocycles. The van der Waals surface area contributed by atoms with E-state index in [1.165, 1.54) is 63.7 Å². The summed E-state index contributed by atoms with van der Waals surface area (Å²) in [5.41, 5.74) is 9.13. The molecule has 38 heavy (non-hydrogen) atoms. The van der Waals surface area contributed by atoms with E-state index in [4.69, 9.17) is 5.73 Å². The van der Waals surface area contributed by atoms with Crippen LogP contribution >= 0.6 is 0 Å². The van der Waals surface area contributed by atoms with Crippen molar-refractivity contribution in [2.75, 3.05) is 26.2 Å². The van der Waals surface area contributed by atoms with E-state index in [1.807, 2.05) is 32.1 Å². The summed E-state index contributed by atoms with van der Waals surface area (Å²) >= 11 is 0. The van der Waals surface area contributed by atoms with Gasteiger partial charge in [-0.25, -0.2) is 0 Å². The number of allylic oxidation sites excluding steroid dienone is 6. The van der Waals surface area contributed by atoms with E-state index in [-0.39, 0.29) is 5.91 Å². The lowest BCUT2D eigenvalue weighted by atomic mass is 9.74. The summed E-state index contributed by atoms with van der Waals surface area (Å²) in [5, 5.41) is 2.89. The molecule has 2 atom stereocenters. The molecule has 2 aliphatic carbocycles. The molecule has 208 valence electrons. The Bertz CT molecular complexity index is 969. The summed E-state index contributed by atoms with van der Waals surface area (Å²) in [7, 11) is 0. The van der Waals surface area contributed by atoms with Crippen molar-refractivity contribution in [3.8, 4) is 0 Å². The minimum absolute atomic E-state index is 0.00347. The van der Waals surface area contributed by atoms with Crippen molar-refractivity contribution in [3.05, 3.63) is 83.6 Å². The molecule has 4 rings (SSSR count). The average Bonchev–Trinajstić information content (AvgIpc) is 3.31. The zero-order chi connectivity index (χ0) is 27.2. The van der Waals surface area contributed by atoms with E-state index in [1.54, 1.807) is 5.57 Å². The number of hydrogen-bond donors (Lipinski definition) is 2. The van der Waals surface area contributed by atoms with E-state index < -0.39 is 5.41 Å². The van der Waals surface area contributed by atoms with Crippen LogP contribution in [0.2, 0.25) is 0 Å². The van der Waals surface area contributed by atoms with Crippen LogP contribution in [0.25, 0.3) is 0 Å². The van der Waals surface area contributed by atoms with Gasteiger partial charge in [0, 0.05) is 18.2 Å². The summed E-state index contributed by atoms with van der Waals surface area (Å²) in [4.78, 5) is 14.6. The molecule has 3 aliphatic rings. The van der Waals surface area contributed by atoms with Crippen molar-refractivity contribution in [1.29, 1.82) is 0 Å². The second-order valence-electron chi connectivity index (χ2n) is 11.2. The van der Waals surface area contributed by atoms with Crippen molar-refractivity contribution in [2.24, 2.45) is 17.1 Å². The quantitative estimate of drug-likeness (QED) is 0.357. The van der Waals surface area contributed by atoms with Gasteiger partial charge in [0.05, 0.1) is 0 Å². The molecule has 0 spiro atoms. The van der Waals surface area contributed by atoms with Crippen LogP contribution in [0, 0.1) is 11.3 Å². The molecule has 0 radical (unpaired) electrons. The van der Waals surface area contributed by atoms with Crippen LogP contribution in [-0.4, -0.2) is 37.0 Å². The molecule has 1 heterocycles. The molecule has 3 N–H and O–H groups in total. The number of likely N-dealkylation sites (tertiary alicyclic amines) is 1. The molecule has 4 nitrogen and oxygen atoms in total. The monoisotopic (exact) mass is 517 g/mol. The maximum absolute atomic E-state index is 12.0. The third-order valence-electron chi connectivity index (χ3n) is 8.24. The SMILES string of the molecule is CCCN1CCC(C(C2=CC=CCCC2)c2ccccc2)CC1.CCCNC(=O)C1(C)C=CCCC=C1N. The molecule has 1 aromatic carbocycles. The van der Waals surface area contributed by atoms with Gasteiger partial charge in [0.25, 0.3) is 0 Å². The van der Waals surface area contributed by atoms with Crippen LogP contribution in [0.1, 0.15) is 90.0 Å². The smallest absolute Gasteiger partial charge is 0.235 e. The Labute approximate surface area is 232 Å². The van der Waals surface area contributed by atoms with Gasteiger partial charge in [0.15, 0.2) is 0 Å². The minimum Gasteiger partial charge on any atom is -0.401 e. The first-order valence-corrected chi connectivity index (χ1v) is 15.0. The highest BCUT2D eigenvalue weighted by molar-refractivity contribution is 5.87. The van der Waals surface area contributed by atoms with E-state index >= 15 is 0 Å². The van der Waals surface area contributed by atoms with Gasteiger partial charge in [-0.2, -0.15) is 0 Å². The van der Waals surface area contributed by atoms with E-state index in [2.05, 4.69) is 65.7 Å². The number of nitrogens with one attached hydrogen (secondary N) is 1. The topological polar surface area (TPSA) is 58.4 Å². The van der Waals surface area contributed by atoms with Gasteiger partial charge >= 0.3 is 0 Å². The molecule has 0 aromatic heterocycles. The molecular formula is C34H51N3O. The van der Waals surface area contributed by atoms with Crippen LogP contribution in [-0.2, 0) is 4.79 Å². The van der Waals surface area contributed by atoms with Crippen LogP contribution in [0.15, 0.2) is 78.1 Å². The summed E-state index contributed by atoms with van der Waals surface area (Å²) in [6.07, 6.45) is 23.5. The van der Waals surface area contributed by atoms with Crippen molar-refractivity contribution in [1.82, 2.24) is 10.2 Å². The Morgan fingerprint density at radius 1 is 1.08 bits per heavy atom. The van der Waals surface area contributed by atoms with Gasteiger partial charge in [-0.15, -0.1) is 0 Å². The second-order valence-corrected chi connectivity index (χ2v) is 11.2. The standard InChI is InChI=1S/C22H31N.C12H20N2O/c1-2-16-23-17-14-21(15-18-23)22(20-12-8-5-9-13-20)19-10-6-3-4-7-11-19;1-3-9-14-11(15)12(2)8-6-4-5-7-10(12)13/h3,5-6,8-10,12-13,21-22H,2,4,7,11,14-18H2,1H3;6-8H,3-5,9,13H2,1-2H3,(H,14,15). The van der Waals surface area contributed by atoms with E-state index in [9.17, 15) is 4.79 Å². The van der Waals surface area contributed by atoms with Crippen molar-refractivity contribution >= 4 is 5.91 Å². The minimum atomic E-state index is -0.661. The highest BCUT2D eigenvalue weighted by atomic mass is 16.2. The van der Waals surface area contributed by atoms with Crippen molar-refractivity contribution in [2.45, 2.75) is 84.5 Å². The third-order valence-corrected chi connectivity index (χ3v) is 8.24.